The Labute approximate surface area is 119 Å². The second kappa shape index (κ2) is 6.29. The van der Waals surface area contributed by atoms with E-state index in [2.05, 4.69) is 5.32 Å². The molecule has 1 aromatic carbocycles. The van der Waals surface area contributed by atoms with E-state index in [-0.39, 0.29) is 23.0 Å². The second-order valence-corrected chi connectivity index (χ2v) is 4.73. The van der Waals surface area contributed by atoms with E-state index in [1.54, 1.807) is 0 Å². The average molecular weight is 318 g/mol. The van der Waals surface area contributed by atoms with Crippen LogP contribution < -0.4 is 5.32 Å². The van der Waals surface area contributed by atoms with Gasteiger partial charge in [0.15, 0.2) is 0 Å². The summed E-state index contributed by atoms with van der Waals surface area (Å²) in [6, 6.07) is 1.18. The lowest BCUT2D eigenvalue weighted by Crippen LogP contribution is -2.29. The molecule has 0 amide bonds. The minimum atomic E-state index is -4.57. The van der Waals surface area contributed by atoms with E-state index in [0.717, 1.165) is 25.0 Å². The molecule has 1 nitrogen and oxygen atoms in total. The van der Waals surface area contributed by atoms with E-state index in [4.69, 9.17) is 11.6 Å². The molecule has 0 radical (unpaired) electrons. The van der Waals surface area contributed by atoms with Crippen molar-refractivity contribution in [3.8, 4) is 0 Å². The third kappa shape index (κ3) is 3.52. The predicted molar refractivity (Wildman–Crippen MR) is 68.3 cm³/mol. The zero-order valence-corrected chi connectivity index (χ0v) is 11.4. The van der Waals surface area contributed by atoms with Crippen molar-refractivity contribution in [2.75, 3.05) is 6.54 Å². The minimum absolute atomic E-state index is 0. The average Bonchev–Trinajstić information content (AvgIpc) is 2.32. The summed E-state index contributed by atoms with van der Waals surface area (Å²) < 4.78 is 52.5. The van der Waals surface area contributed by atoms with Gasteiger partial charge in [-0.3, -0.25) is 0 Å². The van der Waals surface area contributed by atoms with Crippen molar-refractivity contribution in [2.24, 2.45) is 0 Å². The van der Waals surface area contributed by atoms with Crippen LogP contribution in [-0.2, 0) is 6.18 Å². The first-order chi connectivity index (χ1) is 8.41. The summed E-state index contributed by atoms with van der Waals surface area (Å²) in [5.74, 6) is -0.967. The van der Waals surface area contributed by atoms with Gasteiger partial charge in [0.1, 0.15) is 5.82 Å². The van der Waals surface area contributed by atoms with Crippen molar-refractivity contribution >= 4 is 24.0 Å². The lowest BCUT2D eigenvalue weighted by atomic mass is 9.93. The van der Waals surface area contributed by atoms with Gasteiger partial charge in [0.2, 0.25) is 0 Å². The number of piperidine rings is 1. The highest BCUT2D eigenvalue weighted by molar-refractivity contribution is 6.30. The summed E-state index contributed by atoms with van der Waals surface area (Å²) in [5.41, 5.74) is -1.29. The van der Waals surface area contributed by atoms with Crippen LogP contribution in [0.3, 0.4) is 0 Å². The summed E-state index contributed by atoms with van der Waals surface area (Å²) in [4.78, 5) is 0. The van der Waals surface area contributed by atoms with Gasteiger partial charge in [0, 0.05) is 11.6 Å². The van der Waals surface area contributed by atoms with Crippen molar-refractivity contribution in [3.63, 3.8) is 0 Å². The molecule has 19 heavy (non-hydrogen) atoms. The Morgan fingerprint density at radius 1 is 1.21 bits per heavy atom. The number of hydrogen-bond acceptors (Lipinski definition) is 1. The predicted octanol–water partition coefficient (Wildman–Crippen LogP) is 4.73. The van der Waals surface area contributed by atoms with Crippen LogP contribution in [0.25, 0.3) is 0 Å². The molecule has 108 valence electrons. The van der Waals surface area contributed by atoms with Gasteiger partial charge in [-0.2, -0.15) is 13.2 Å². The topological polar surface area (TPSA) is 12.0 Å². The first kappa shape index (κ1) is 16.5. The van der Waals surface area contributed by atoms with E-state index in [0.29, 0.717) is 13.0 Å². The van der Waals surface area contributed by atoms with Crippen LogP contribution in [0.4, 0.5) is 17.6 Å². The molecular weight excluding hydrogens is 305 g/mol. The summed E-state index contributed by atoms with van der Waals surface area (Å²) in [6.45, 7) is 0.591. The Morgan fingerprint density at radius 2 is 1.89 bits per heavy atom. The van der Waals surface area contributed by atoms with E-state index in [1.807, 2.05) is 0 Å². The van der Waals surface area contributed by atoms with Crippen molar-refractivity contribution < 1.29 is 17.6 Å². The maximum Gasteiger partial charge on any atom is 0.416 e. The van der Waals surface area contributed by atoms with E-state index in [9.17, 15) is 17.6 Å². The molecule has 1 aliphatic rings. The summed E-state index contributed by atoms with van der Waals surface area (Å²) in [7, 11) is 0. The quantitative estimate of drug-likeness (QED) is 0.738. The van der Waals surface area contributed by atoms with E-state index in [1.165, 1.54) is 0 Å². The molecule has 1 heterocycles. The highest BCUT2D eigenvalue weighted by Gasteiger charge is 2.37. The molecule has 2 rings (SSSR count). The molecular formula is C12H13Cl2F4N. The lowest BCUT2D eigenvalue weighted by Gasteiger charge is -2.27. The van der Waals surface area contributed by atoms with Gasteiger partial charge in [0.25, 0.3) is 0 Å². The Kier molecular flexibility index (Phi) is 5.47. The molecule has 1 aromatic rings. The van der Waals surface area contributed by atoms with Gasteiger partial charge in [-0.15, -0.1) is 12.4 Å². The third-order valence-electron chi connectivity index (χ3n) is 3.10. The first-order valence-corrected chi connectivity index (χ1v) is 6.07. The molecule has 1 N–H and O–H groups in total. The van der Waals surface area contributed by atoms with Gasteiger partial charge in [0.05, 0.1) is 10.6 Å². The van der Waals surface area contributed by atoms with Crippen molar-refractivity contribution in [2.45, 2.75) is 31.5 Å². The van der Waals surface area contributed by atoms with Gasteiger partial charge in [-0.05, 0) is 31.5 Å². The SMILES string of the molecule is Cl.Fc1c(Cl)ccc(C(F)(F)F)c1[C@H]1CCCCN1. The minimum Gasteiger partial charge on any atom is -0.310 e. The smallest absolute Gasteiger partial charge is 0.310 e. The molecule has 1 saturated heterocycles. The molecule has 7 heteroatoms. The normalized spacial score (nSPS) is 19.9. The maximum absolute atomic E-state index is 13.9. The van der Waals surface area contributed by atoms with Crippen LogP contribution in [0.15, 0.2) is 12.1 Å². The fraction of sp³-hybridized carbons (Fsp3) is 0.500. The largest absolute Gasteiger partial charge is 0.416 e. The Balaban J connectivity index is 0.00000180. The molecule has 0 spiro atoms. The maximum atomic E-state index is 13.9. The summed E-state index contributed by atoms with van der Waals surface area (Å²) in [5, 5.41) is 2.64. The van der Waals surface area contributed by atoms with Crippen molar-refractivity contribution in [1.82, 2.24) is 5.32 Å². The Morgan fingerprint density at radius 3 is 2.42 bits per heavy atom. The van der Waals surface area contributed by atoms with Crippen molar-refractivity contribution in [1.29, 1.82) is 0 Å². The van der Waals surface area contributed by atoms with Gasteiger partial charge < -0.3 is 5.32 Å². The molecule has 0 aromatic heterocycles. The molecule has 1 fully saturated rings. The number of nitrogens with one attached hydrogen (secondary N) is 1. The summed E-state index contributed by atoms with van der Waals surface area (Å²) >= 11 is 5.58. The van der Waals surface area contributed by atoms with Crippen LogP contribution in [0.1, 0.15) is 36.4 Å². The number of rotatable bonds is 1. The monoisotopic (exact) mass is 317 g/mol. The molecule has 0 saturated carbocycles. The molecule has 1 atom stereocenters. The fourth-order valence-electron chi connectivity index (χ4n) is 2.25. The van der Waals surface area contributed by atoms with Gasteiger partial charge in [-0.1, -0.05) is 18.0 Å². The number of hydrogen-bond donors (Lipinski definition) is 1. The zero-order valence-electron chi connectivity index (χ0n) is 9.86. The first-order valence-electron chi connectivity index (χ1n) is 5.69. The van der Waals surface area contributed by atoms with E-state index < -0.39 is 23.6 Å². The van der Waals surface area contributed by atoms with Crippen LogP contribution in [-0.4, -0.2) is 6.54 Å². The van der Waals surface area contributed by atoms with Crippen LogP contribution in [0.2, 0.25) is 5.02 Å². The summed E-state index contributed by atoms with van der Waals surface area (Å²) in [6.07, 6.45) is -2.42. The molecule has 1 aliphatic heterocycles. The van der Waals surface area contributed by atoms with Crippen LogP contribution in [0.5, 0.6) is 0 Å². The number of halogens is 6. The van der Waals surface area contributed by atoms with Crippen molar-refractivity contribution in [3.05, 3.63) is 34.1 Å². The van der Waals surface area contributed by atoms with E-state index >= 15 is 0 Å². The molecule has 0 aliphatic carbocycles. The Hall–Kier alpha value is -0.520. The highest BCUT2D eigenvalue weighted by atomic mass is 35.5. The molecule has 0 bridgehead atoms. The van der Waals surface area contributed by atoms with Crippen LogP contribution >= 0.6 is 24.0 Å². The number of benzene rings is 1. The lowest BCUT2D eigenvalue weighted by molar-refractivity contribution is -0.138. The second-order valence-electron chi connectivity index (χ2n) is 4.32. The van der Waals surface area contributed by atoms with Gasteiger partial charge in [-0.25, -0.2) is 4.39 Å². The third-order valence-corrected chi connectivity index (χ3v) is 3.39. The van der Waals surface area contributed by atoms with Crippen LogP contribution in [0, 0.1) is 5.82 Å². The molecule has 0 unspecified atom stereocenters. The zero-order chi connectivity index (χ0) is 13.3. The fourth-order valence-corrected chi connectivity index (χ4v) is 2.42. The standard InChI is InChI=1S/C12H12ClF4N.ClH/c13-8-5-4-7(12(15,16)17)10(11(8)14)9-3-1-2-6-18-9;/h4-5,9,18H,1-3,6H2;1H/t9-;/m1./s1. The number of alkyl halides is 3. The highest BCUT2D eigenvalue weighted by Crippen LogP contribution is 2.39. The Bertz CT molecular complexity index is 442. The van der Waals surface area contributed by atoms with Gasteiger partial charge >= 0.3 is 6.18 Å².